The molecule has 0 bridgehead atoms. The highest BCUT2D eigenvalue weighted by Gasteiger charge is 2.20. The molecule has 100 valence electrons. The summed E-state index contributed by atoms with van der Waals surface area (Å²) in [6, 6.07) is 9.33. The lowest BCUT2D eigenvalue weighted by Crippen LogP contribution is -2.02. The maximum absolute atomic E-state index is 11.2. The molecule has 4 nitrogen and oxygen atoms in total. The summed E-state index contributed by atoms with van der Waals surface area (Å²) in [6.07, 6.45) is 1.48. The summed E-state index contributed by atoms with van der Waals surface area (Å²) in [5, 5.41) is 9.17. The van der Waals surface area contributed by atoms with Gasteiger partial charge < -0.3 is 9.52 Å². The van der Waals surface area contributed by atoms with Crippen molar-refractivity contribution in [1.29, 1.82) is 0 Å². The number of oxazole rings is 1. The maximum atomic E-state index is 11.2. The molecule has 0 saturated carbocycles. The van der Waals surface area contributed by atoms with Crippen molar-refractivity contribution in [1.82, 2.24) is 4.98 Å². The molecular formula is C15H17NO3. The first-order valence-electron chi connectivity index (χ1n) is 6.36. The molecular weight excluding hydrogens is 242 g/mol. The lowest BCUT2D eigenvalue weighted by Gasteiger charge is -2.01. The summed E-state index contributed by atoms with van der Waals surface area (Å²) in [4.78, 5) is 15.3. The van der Waals surface area contributed by atoms with Crippen molar-refractivity contribution >= 4 is 5.97 Å². The highest BCUT2D eigenvalue weighted by atomic mass is 16.4. The Morgan fingerprint density at radius 1 is 1.32 bits per heavy atom. The third-order valence-corrected chi connectivity index (χ3v) is 2.87. The van der Waals surface area contributed by atoms with Gasteiger partial charge in [-0.1, -0.05) is 32.0 Å². The number of aromatic carboxylic acids is 1. The number of carboxylic acid groups (broad SMARTS) is 1. The third-order valence-electron chi connectivity index (χ3n) is 2.87. The lowest BCUT2D eigenvalue weighted by atomic mass is 10.1. The molecule has 0 saturated heterocycles. The van der Waals surface area contributed by atoms with Crippen LogP contribution in [-0.4, -0.2) is 16.1 Å². The monoisotopic (exact) mass is 259 g/mol. The van der Waals surface area contributed by atoms with Gasteiger partial charge in [0.05, 0.1) is 0 Å². The fraction of sp³-hybridized carbons (Fsp3) is 0.333. The van der Waals surface area contributed by atoms with Gasteiger partial charge in [0.2, 0.25) is 5.89 Å². The van der Waals surface area contributed by atoms with Crippen LogP contribution in [0.5, 0.6) is 0 Å². The minimum atomic E-state index is -1.04. The van der Waals surface area contributed by atoms with Gasteiger partial charge in [-0.05, 0) is 24.5 Å². The Kier molecular flexibility index (Phi) is 4.00. The number of hydrogen-bond acceptors (Lipinski definition) is 3. The van der Waals surface area contributed by atoms with Crippen molar-refractivity contribution < 1.29 is 14.3 Å². The van der Waals surface area contributed by atoms with E-state index < -0.39 is 5.97 Å². The molecule has 0 atom stereocenters. The average Bonchev–Trinajstić information content (AvgIpc) is 2.81. The van der Waals surface area contributed by atoms with Crippen LogP contribution >= 0.6 is 0 Å². The number of rotatable bonds is 5. The Hall–Kier alpha value is -2.10. The largest absolute Gasteiger partial charge is 0.476 e. The van der Waals surface area contributed by atoms with E-state index in [0.717, 1.165) is 12.0 Å². The van der Waals surface area contributed by atoms with Gasteiger partial charge in [-0.3, -0.25) is 0 Å². The minimum absolute atomic E-state index is 0.0273. The van der Waals surface area contributed by atoms with Crippen LogP contribution in [0.1, 0.15) is 36.5 Å². The molecule has 2 aromatic rings. The second-order valence-corrected chi connectivity index (χ2v) is 4.89. The van der Waals surface area contributed by atoms with Crippen molar-refractivity contribution in [2.45, 2.75) is 26.7 Å². The molecule has 4 heteroatoms. The van der Waals surface area contributed by atoms with E-state index in [1.807, 2.05) is 30.3 Å². The summed E-state index contributed by atoms with van der Waals surface area (Å²) in [6.45, 7) is 4.18. The quantitative estimate of drug-likeness (QED) is 0.890. The van der Waals surface area contributed by atoms with E-state index in [2.05, 4.69) is 18.8 Å². The number of carbonyl (C=O) groups is 1. The van der Waals surface area contributed by atoms with Gasteiger partial charge in [0.1, 0.15) is 5.76 Å². The molecule has 1 N–H and O–H groups in total. The average molecular weight is 259 g/mol. The smallest absolute Gasteiger partial charge is 0.358 e. The van der Waals surface area contributed by atoms with Crippen LogP contribution in [0.15, 0.2) is 34.7 Å². The Labute approximate surface area is 112 Å². The van der Waals surface area contributed by atoms with Gasteiger partial charge >= 0.3 is 5.97 Å². The number of hydrogen-bond donors (Lipinski definition) is 1. The lowest BCUT2D eigenvalue weighted by molar-refractivity contribution is 0.0688. The summed E-state index contributed by atoms with van der Waals surface area (Å²) in [5.74, 6) is 0.286. The molecule has 0 fully saturated rings. The van der Waals surface area contributed by atoms with Gasteiger partial charge in [-0.25, -0.2) is 9.78 Å². The number of aromatic nitrogens is 1. The third kappa shape index (κ3) is 3.22. The van der Waals surface area contributed by atoms with Crippen LogP contribution in [0.2, 0.25) is 0 Å². The zero-order valence-electron chi connectivity index (χ0n) is 11.1. The van der Waals surface area contributed by atoms with Crippen LogP contribution < -0.4 is 0 Å². The Bertz CT molecular complexity index is 558. The molecule has 1 aromatic heterocycles. The molecule has 1 heterocycles. The van der Waals surface area contributed by atoms with E-state index in [9.17, 15) is 4.79 Å². The Morgan fingerprint density at radius 2 is 2.00 bits per heavy atom. The minimum Gasteiger partial charge on any atom is -0.476 e. The zero-order valence-corrected chi connectivity index (χ0v) is 11.1. The van der Waals surface area contributed by atoms with Gasteiger partial charge in [-0.15, -0.1) is 0 Å². The van der Waals surface area contributed by atoms with Gasteiger partial charge in [0.15, 0.2) is 5.69 Å². The molecule has 19 heavy (non-hydrogen) atoms. The second kappa shape index (κ2) is 5.69. The standard InChI is InChI=1S/C15H17NO3/c1-10(2)8-9-12-13(15(17)18)16-14(19-12)11-6-4-3-5-7-11/h3-7,10H,8-9H2,1-2H3,(H,17,18). The van der Waals surface area contributed by atoms with Crippen molar-refractivity contribution in [3.05, 3.63) is 41.8 Å². The van der Waals surface area contributed by atoms with E-state index in [0.29, 0.717) is 24.0 Å². The fourth-order valence-electron chi connectivity index (χ4n) is 1.81. The molecule has 2 rings (SSSR count). The highest BCUT2D eigenvalue weighted by molar-refractivity contribution is 5.87. The van der Waals surface area contributed by atoms with Gasteiger partial charge in [0.25, 0.3) is 0 Å². The number of benzene rings is 1. The predicted octanol–water partition coefficient (Wildman–Crippen LogP) is 3.63. The maximum Gasteiger partial charge on any atom is 0.358 e. The first-order chi connectivity index (χ1) is 9.08. The van der Waals surface area contributed by atoms with Crippen molar-refractivity contribution in [2.24, 2.45) is 5.92 Å². The number of carboxylic acids is 1. The van der Waals surface area contributed by atoms with E-state index in [4.69, 9.17) is 9.52 Å². The molecule has 0 amide bonds. The Balaban J connectivity index is 2.32. The van der Waals surface area contributed by atoms with E-state index in [-0.39, 0.29) is 5.69 Å². The van der Waals surface area contributed by atoms with Crippen LogP contribution in [-0.2, 0) is 6.42 Å². The highest BCUT2D eigenvalue weighted by Crippen LogP contribution is 2.23. The van der Waals surface area contributed by atoms with Crippen molar-refractivity contribution in [3.8, 4) is 11.5 Å². The summed E-state index contributed by atoms with van der Waals surface area (Å²) < 4.78 is 5.62. The van der Waals surface area contributed by atoms with E-state index in [1.165, 1.54) is 0 Å². The normalized spacial score (nSPS) is 10.9. The summed E-state index contributed by atoms with van der Waals surface area (Å²) in [5.41, 5.74) is 0.820. The molecule has 0 radical (unpaired) electrons. The predicted molar refractivity (Wildman–Crippen MR) is 72.1 cm³/mol. The molecule has 0 spiro atoms. The van der Waals surface area contributed by atoms with E-state index in [1.54, 1.807) is 0 Å². The molecule has 0 unspecified atom stereocenters. The fourth-order valence-corrected chi connectivity index (χ4v) is 1.81. The zero-order chi connectivity index (χ0) is 13.8. The Morgan fingerprint density at radius 3 is 2.58 bits per heavy atom. The first-order valence-corrected chi connectivity index (χ1v) is 6.36. The first kappa shape index (κ1) is 13.3. The molecule has 0 aliphatic carbocycles. The van der Waals surface area contributed by atoms with Crippen LogP contribution in [0.25, 0.3) is 11.5 Å². The van der Waals surface area contributed by atoms with Gasteiger partial charge in [0, 0.05) is 12.0 Å². The number of aryl methyl sites for hydroxylation is 1. The summed E-state index contributed by atoms with van der Waals surface area (Å²) >= 11 is 0. The van der Waals surface area contributed by atoms with Gasteiger partial charge in [-0.2, -0.15) is 0 Å². The van der Waals surface area contributed by atoms with Crippen LogP contribution in [0.3, 0.4) is 0 Å². The summed E-state index contributed by atoms with van der Waals surface area (Å²) in [7, 11) is 0. The SMILES string of the molecule is CC(C)CCc1oc(-c2ccccc2)nc1C(=O)O. The molecule has 1 aromatic carbocycles. The molecule has 0 aliphatic rings. The second-order valence-electron chi connectivity index (χ2n) is 4.89. The van der Waals surface area contributed by atoms with Crippen molar-refractivity contribution in [3.63, 3.8) is 0 Å². The topological polar surface area (TPSA) is 63.3 Å². The van der Waals surface area contributed by atoms with Crippen LogP contribution in [0, 0.1) is 5.92 Å². The number of nitrogens with zero attached hydrogens (tertiary/aromatic N) is 1. The van der Waals surface area contributed by atoms with Crippen molar-refractivity contribution in [2.75, 3.05) is 0 Å². The molecule has 0 aliphatic heterocycles. The van der Waals surface area contributed by atoms with E-state index >= 15 is 0 Å². The van der Waals surface area contributed by atoms with Crippen LogP contribution in [0.4, 0.5) is 0 Å².